The molecule has 0 radical (unpaired) electrons. The fourth-order valence-corrected chi connectivity index (χ4v) is 16.1. The quantitative estimate of drug-likeness (QED) is 0.355. The number of rotatable bonds is 9. The molecule has 0 saturated carbocycles. The van der Waals surface area contributed by atoms with Gasteiger partial charge in [-0.05, 0) is 52.4 Å². The summed E-state index contributed by atoms with van der Waals surface area (Å²) in [6, 6.07) is 24.0. The molecule has 0 aliphatic heterocycles. The standard InChI is InChI=1S/C10H30O4Si5.2C6H6.CH4/c1-10-16(13-17(2,3)4)11-15-12-19(8,9)14-18(5,6)7;2*1-2-4-6-5-3-1;/h10,16H,1,15H2,2-9H3;2*1-6H;1H4. The largest absolute Gasteiger partial charge is 0.437 e. The van der Waals surface area contributed by atoms with E-state index in [2.05, 4.69) is 59.0 Å². The lowest BCUT2D eigenvalue weighted by Crippen LogP contribution is -2.46. The zero-order valence-corrected chi connectivity index (χ0v) is 26.2. The zero-order chi connectivity index (χ0) is 23.8. The topological polar surface area (TPSA) is 36.9 Å². The molecule has 4 nitrogen and oxygen atoms in total. The summed E-state index contributed by atoms with van der Waals surface area (Å²) in [5.74, 6) is 0. The Morgan fingerprint density at radius 1 is 0.656 bits per heavy atom. The Bertz CT molecular complexity index is 589. The van der Waals surface area contributed by atoms with Gasteiger partial charge in [-0.1, -0.05) is 85.9 Å². The molecule has 0 spiro atoms. The van der Waals surface area contributed by atoms with Crippen molar-refractivity contribution in [1.82, 2.24) is 0 Å². The molecule has 0 aliphatic rings. The van der Waals surface area contributed by atoms with Crippen molar-refractivity contribution in [3.8, 4) is 0 Å². The van der Waals surface area contributed by atoms with Crippen molar-refractivity contribution in [2.75, 3.05) is 0 Å². The van der Waals surface area contributed by atoms with Crippen molar-refractivity contribution < 1.29 is 16.5 Å². The zero-order valence-electron chi connectivity index (χ0n) is 20.6. The molecule has 0 fully saturated rings. The van der Waals surface area contributed by atoms with Gasteiger partial charge in [0.1, 0.15) is 0 Å². The second-order valence-corrected chi connectivity index (χ2v) is 26.1. The summed E-state index contributed by atoms with van der Waals surface area (Å²) in [4.78, 5) is 0. The molecule has 0 aliphatic carbocycles. The summed E-state index contributed by atoms with van der Waals surface area (Å²) in [6.07, 6.45) is 0. The Morgan fingerprint density at radius 3 is 1.25 bits per heavy atom. The summed E-state index contributed by atoms with van der Waals surface area (Å²) >= 11 is 0. The highest BCUT2D eigenvalue weighted by Gasteiger charge is 2.31. The van der Waals surface area contributed by atoms with Crippen LogP contribution in [-0.4, -0.2) is 44.5 Å². The fraction of sp³-hybridized carbons (Fsp3) is 0.391. The van der Waals surface area contributed by atoms with Crippen LogP contribution in [0, 0.1) is 0 Å². The molecule has 9 heteroatoms. The van der Waals surface area contributed by atoms with Gasteiger partial charge in [0.25, 0.3) is 10.0 Å². The van der Waals surface area contributed by atoms with Gasteiger partial charge in [-0.25, -0.2) is 0 Å². The molecule has 0 heterocycles. The summed E-state index contributed by atoms with van der Waals surface area (Å²) in [5, 5.41) is 0. The molecule has 2 rings (SSSR count). The minimum atomic E-state index is -2.03. The van der Waals surface area contributed by atoms with E-state index in [1.807, 2.05) is 78.5 Å². The maximum atomic E-state index is 6.11. The van der Waals surface area contributed by atoms with Crippen LogP contribution in [0.5, 0.6) is 0 Å². The molecule has 2 aromatic carbocycles. The molecule has 0 amide bonds. The van der Waals surface area contributed by atoms with Crippen LogP contribution in [0.1, 0.15) is 7.43 Å². The second kappa shape index (κ2) is 17.6. The van der Waals surface area contributed by atoms with E-state index in [-0.39, 0.29) is 7.43 Å². The highest BCUT2D eigenvalue weighted by atomic mass is 28.5. The van der Waals surface area contributed by atoms with Crippen LogP contribution < -0.4 is 0 Å². The lowest BCUT2D eigenvalue weighted by atomic mass is 10.4. The monoisotopic (exact) mass is 526 g/mol. The van der Waals surface area contributed by atoms with Crippen LogP contribution in [-0.2, 0) is 16.5 Å². The predicted octanol–water partition coefficient (Wildman–Crippen LogP) is 6.38. The minimum Gasteiger partial charge on any atom is -0.437 e. The average Bonchev–Trinajstić information content (AvgIpc) is 2.68. The third-order valence-electron chi connectivity index (χ3n) is 3.19. The van der Waals surface area contributed by atoms with Crippen LogP contribution in [0.3, 0.4) is 0 Å². The number of hydrogen-bond acceptors (Lipinski definition) is 4. The van der Waals surface area contributed by atoms with E-state index in [0.717, 1.165) is 0 Å². The van der Waals surface area contributed by atoms with E-state index in [0.29, 0.717) is 0 Å². The SMILES string of the molecule is C.C=C[SiH](O[SiH2]O[Si](C)(C)O[Si](C)(C)C)O[Si](C)(C)C.c1ccccc1.c1ccccc1. The third-order valence-corrected chi connectivity index (χ3v) is 16.9. The molecule has 182 valence electrons. The average molecular weight is 527 g/mol. The first-order valence-corrected chi connectivity index (χ1v) is 23.0. The third kappa shape index (κ3) is 23.8. The lowest BCUT2D eigenvalue weighted by molar-refractivity contribution is 0.352. The molecular formula is C23H46O4Si5. The normalized spacial score (nSPS) is 12.5. The fourth-order valence-electron chi connectivity index (χ4n) is 2.28. The predicted molar refractivity (Wildman–Crippen MR) is 154 cm³/mol. The Hall–Kier alpha value is -0.896. The molecular weight excluding hydrogens is 481 g/mol. The van der Waals surface area contributed by atoms with Gasteiger partial charge in [-0.15, -0.1) is 6.58 Å². The van der Waals surface area contributed by atoms with Crippen LogP contribution in [0.15, 0.2) is 85.1 Å². The summed E-state index contributed by atoms with van der Waals surface area (Å²) in [6.45, 7) is 21.0. The molecule has 32 heavy (non-hydrogen) atoms. The minimum absolute atomic E-state index is 0. The van der Waals surface area contributed by atoms with Crippen molar-refractivity contribution in [2.45, 2.75) is 59.8 Å². The molecule has 1 atom stereocenters. The maximum Gasteiger partial charge on any atom is 0.328 e. The van der Waals surface area contributed by atoms with Crippen LogP contribution in [0.25, 0.3) is 0 Å². The molecule has 0 N–H and O–H groups in total. The van der Waals surface area contributed by atoms with Gasteiger partial charge >= 0.3 is 17.8 Å². The van der Waals surface area contributed by atoms with Gasteiger partial charge in [-0.3, -0.25) is 0 Å². The number of benzene rings is 2. The van der Waals surface area contributed by atoms with Gasteiger partial charge in [0.15, 0.2) is 16.6 Å². The second-order valence-electron chi connectivity index (χ2n) is 9.19. The van der Waals surface area contributed by atoms with Gasteiger partial charge in [0.05, 0.1) is 0 Å². The Morgan fingerprint density at radius 2 is 1.00 bits per heavy atom. The van der Waals surface area contributed by atoms with E-state index >= 15 is 0 Å². The van der Waals surface area contributed by atoms with E-state index in [1.165, 1.54) is 0 Å². The summed E-state index contributed by atoms with van der Waals surface area (Å²) in [7, 11) is -7.92. The maximum absolute atomic E-state index is 6.11. The summed E-state index contributed by atoms with van der Waals surface area (Å²) in [5.41, 5.74) is 1.84. The molecule has 1 unspecified atom stereocenters. The Balaban J connectivity index is 0. The van der Waals surface area contributed by atoms with Crippen molar-refractivity contribution in [3.05, 3.63) is 85.1 Å². The van der Waals surface area contributed by atoms with Gasteiger partial charge in [0, 0.05) is 0 Å². The van der Waals surface area contributed by atoms with Crippen molar-refractivity contribution in [2.24, 2.45) is 0 Å². The van der Waals surface area contributed by atoms with E-state index < -0.39 is 44.5 Å². The Kier molecular flexibility index (Phi) is 18.3. The summed E-state index contributed by atoms with van der Waals surface area (Å²) < 4.78 is 23.9. The smallest absolute Gasteiger partial charge is 0.328 e. The van der Waals surface area contributed by atoms with Crippen LogP contribution in [0.4, 0.5) is 0 Å². The van der Waals surface area contributed by atoms with E-state index in [9.17, 15) is 0 Å². The first-order chi connectivity index (χ1) is 14.3. The van der Waals surface area contributed by atoms with Crippen molar-refractivity contribution >= 4 is 44.5 Å². The lowest BCUT2D eigenvalue weighted by Gasteiger charge is -2.31. The van der Waals surface area contributed by atoms with E-state index in [4.69, 9.17) is 16.5 Å². The van der Waals surface area contributed by atoms with Crippen LogP contribution >= 0.6 is 0 Å². The van der Waals surface area contributed by atoms with Gasteiger partial charge < -0.3 is 16.5 Å². The molecule has 0 saturated heterocycles. The molecule has 2 aromatic rings. The van der Waals surface area contributed by atoms with Crippen molar-refractivity contribution in [3.63, 3.8) is 0 Å². The van der Waals surface area contributed by atoms with Crippen molar-refractivity contribution in [1.29, 1.82) is 0 Å². The number of hydrogen-bond donors (Lipinski definition) is 0. The van der Waals surface area contributed by atoms with Gasteiger partial charge in [0.2, 0.25) is 0 Å². The highest BCUT2D eigenvalue weighted by molar-refractivity contribution is 6.83. The van der Waals surface area contributed by atoms with Crippen LogP contribution in [0.2, 0.25) is 52.4 Å². The highest BCUT2D eigenvalue weighted by Crippen LogP contribution is 2.15. The van der Waals surface area contributed by atoms with Gasteiger partial charge in [-0.2, -0.15) is 0 Å². The molecule has 0 bridgehead atoms. The first-order valence-electron chi connectivity index (χ1n) is 10.6. The Labute approximate surface area is 205 Å². The van der Waals surface area contributed by atoms with E-state index in [1.54, 1.807) is 0 Å². The first kappa shape index (κ1) is 33.3. The molecule has 0 aromatic heterocycles.